The zero-order valence-corrected chi connectivity index (χ0v) is 12.7. The summed E-state index contributed by atoms with van der Waals surface area (Å²) in [5, 5.41) is 0. The molecule has 5 heteroatoms. The summed E-state index contributed by atoms with van der Waals surface area (Å²) >= 11 is 0. The van der Waals surface area contributed by atoms with Crippen LogP contribution in [0.2, 0.25) is 0 Å². The van der Waals surface area contributed by atoms with Gasteiger partial charge in [0, 0.05) is 19.0 Å². The number of hydrogen-bond donors (Lipinski definition) is 1. The predicted molar refractivity (Wildman–Crippen MR) is 83.7 cm³/mol. The third-order valence-corrected chi connectivity index (χ3v) is 4.32. The summed E-state index contributed by atoms with van der Waals surface area (Å²) in [6.07, 6.45) is 2.57. The number of likely N-dealkylation sites (tertiary alicyclic amines) is 1. The Morgan fingerprint density at radius 1 is 1.27 bits per heavy atom. The summed E-state index contributed by atoms with van der Waals surface area (Å²) in [6, 6.07) is 10.2. The van der Waals surface area contributed by atoms with Crippen LogP contribution in [0.1, 0.15) is 35.8 Å². The van der Waals surface area contributed by atoms with Gasteiger partial charge in [0.2, 0.25) is 0 Å². The summed E-state index contributed by atoms with van der Waals surface area (Å²) in [5.41, 5.74) is 1.11. The molecule has 1 N–H and O–H groups in total. The van der Waals surface area contributed by atoms with Gasteiger partial charge in [-0.1, -0.05) is 44.2 Å². The number of H-pyrrole nitrogens is 1. The first-order valence-electron chi connectivity index (χ1n) is 7.36. The van der Waals surface area contributed by atoms with Crippen molar-refractivity contribution in [1.82, 2.24) is 14.9 Å². The van der Waals surface area contributed by atoms with Crippen LogP contribution in [0.4, 0.5) is 0 Å². The van der Waals surface area contributed by atoms with Gasteiger partial charge in [0.05, 0.1) is 12.4 Å². The molecular formula is C17H19N3O2. The fourth-order valence-corrected chi connectivity index (χ4v) is 3.19. The Labute approximate surface area is 129 Å². The molecule has 1 saturated heterocycles. The first-order valence-corrected chi connectivity index (χ1v) is 7.36. The lowest BCUT2D eigenvalue weighted by Gasteiger charge is -2.25. The summed E-state index contributed by atoms with van der Waals surface area (Å²) in [5.74, 6) is 0.109. The SMILES string of the molecule is CC1(C)CN(C(=O)c2cncc(=O)[nH]2)C[C@@H]1c1ccccc1. The molecule has 3 rings (SSSR count). The van der Waals surface area contributed by atoms with E-state index in [0.29, 0.717) is 13.1 Å². The number of carbonyl (C=O) groups is 1. The minimum absolute atomic E-state index is 0.0144. The van der Waals surface area contributed by atoms with Crippen molar-refractivity contribution in [2.75, 3.05) is 13.1 Å². The lowest BCUT2D eigenvalue weighted by atomic mass is 9.78. The Kier molecular flexibility index (Phi) is 3.56. The number of aromatic nitrogens is 2. The van der Waals surface area contributed by atoms with E-state index in [1.54, 1.807) is 4.90 Å². The maximum Gasteiger partial charge on any atom is 0.272 e. The highest BCUT2D eigenvalue weighted by atomic mass is 16.2. The van der Waals surface area contributed by atoms with E-state index in [-0.39, 0.29) is 28.5 Å². The number of hydrogen-bond acceptors (Lipinski definition) is 3. The fraction of sp³-hybridized carbons (Fsp3) is 0.353. The van der Waals surface area contributed by atoms with Gasteiger partial charge in [-0.05, 0) is 11.0 Å². The zero-order chi connectivity index (χ0) is 15.7. The predicted octanol–water partition coefficient (Wildman–Crippen LogP) is 2.04. The molecule has 1 aromatic heterocycles. The van der Waals surface area contributed by atoms with Gasteiger partial charge in [0.15, 0.2) is 0 Å². The zero-order valence-electron chi connectivity index (χ0n) is 12.7. The van der Waals surface area contributed by atoms with Crippen molar-refractivity contribution in [3.8, 4) is 0 Å². The largest absolute Gasteiger partial charge is 0.336 e. The molecular weight excluding hydrogens is 278 g/mol. The van der Waals surface area contributed by atoms with Gasteiger partial charge in [-0.3, -0.25) is 14.6 Å². The molecule has 0 saturated carbocycles. The summed E-state index contributed by atoms with van der Waals surface area (Å²) < 4.78 is 0. The van der Waals surface area contributed by atoms with Gasteiger partial charge in [-0.15, -0.1) is 0 Å². The molecule has 0 spiro atoms. The minimum Gasteiger partial charge on any atom is -0.336 e. The Bertz CT molecular complexity index is 737. The standard InChI is InChI=1S/C17H19N3O2/c1-17(2)11-20(10-13(17)12-6-4-3-5-7-12)16(22)14-8-18-9-15(21)19-14/h3-9,13H,10-11H2,1-2H3,(H,19,21)/t13-/m1/s1. The first-order chi connectivity index (χ1) is 10.5. The minimum atomic E-state index is -0.357. The summed E-state index contributed by atoms with van der Waals surface area (Å²) in [4.78, 5) is 32.1. The number of carbonyl (C=O) groups excluding carboxylic acids is 1. The molecule has 0 aliphatic carbocycles. The Hall–Kier alpha value is -2.43. The second-order valence-electron chi connectivity index (χ2n) is 6.45. The van der Waals surface area contributed by atoms with E-state index in [4.69, 9.17) is 0 Å². The maximum absolute atomic E-state index is 12.6. The summed E-state index contributed by atoms with van der Waals surface area (Å²) in [7, 11) is 0. The molecule has 2 heterocycles. The monoisotopic (exact) mass is 297 g/mol. The van der Waals surface area contributed by atoms with Crippen LogP contribution in [-0.2, 0) is 0 Å². The van der Waals surface area contributed by atoms with Crippen LogP contribution in [0.5, 0.6) is 0 Å². The van der Waals surface area contributed by atoms with Crippen LogP contribution in [0.15, 0.2) is 47.5 Å². The highest BCUT2D eigenvalue weighted by molar-refractivity contribution is 5.92. The number of nitrogens with zero attached hydrogens (tertiary/aromatic N) is 2. The van der Waals surface area contributed by atoms with E-state index in [0.717, 1.165) is 6.20 Å². The average Bonchev–Trinajstić information content (AvgIpc) is 2.83. The third kappa shape index (κ3) is 2.66. The molecule has 0 bridgehead atoms. The van der Waals surface area contributed by atoms with Gasteiger partial charge >= 0.3 is 0 Å². The maximum atomic E-state index is 12.6. The molecule has 1 fully saturated rings. The smallest absolute Gasteiger partial charge is 0.272 e. The van der Waals surface area contributed by atoms with Gasteiger partial charge in [-0.2, -0.15) is 0 Å². The Morgan fingerprint density at radius 3 is 2.68 bits per heavy atom. The quantitative estimate of drug-likeness (QED) is 0.922. The molecule has 1 aliphatic rings. The number of rotatable bonds is 2. The van der Waals surface area contributed by atoms with E-state index in [9.17, 15) is 9.59 Å². The van der Waals surface area contributed by atoms with Crippen molar-refractivity contribution < 1.29 is 4.79 Å². The first kappa shape index (κ1) is 14.5. The van der Waals surface area contributed by atoms with Crippen molar-refractivity contribution in [1.29, 1.82) is 0 Å². The van der Waals surface area contributed by atoms with Crippen LogP contribution in [-0.4, -0.2) is 33.9 Å². The van der Waals surface area contributed by atoms with E-state index in [1.165, 1.54) is 11.8 Å². The van der Waals surface area contributed by atoms with Crippen LogP contribution in [0.25, 0.3) is 0 Å². The molecule has 1 amide bonds. The van der Waals surface area contributed by atoms with Crippen molar-refractivity contribution in [2.24, 2.45) is 5.41 Å². The molecule has 22 heavy (non-hydrogen) atoms. The molecule has 114 valence electrons. The second kappa shape index (κ2) is 5.40. The summed E-state index contributed by atoms with van der Waals surface area (Å²) in [6.45, 7) is 5.64. The van der Waals surface area contributed by atoms with Crippen LogP contribution >= 0.6 is 0 Å². The van der Waals surface area contributed by atoms with E-state index >= 15 is 0 Å². The Balaban J connectivity index is 1.86. The highest BCUT2D eigenvalue weighted by Gasteiger charge is 2.42. The highest BCUT2D eigenvalue weighted by Crippen LogP contribution is 2.42. The topological polar surface area (TPSA) is 66.1 Å². The van der Waals surface area contributed by atoms with Gasteiger partial charge in [0.1, 0.15) is 5.69 Å². The number of benzene rings is 1. The number of aromatic amines is 1. The van der Waals surface area contributed by atoms with Crippen molar-refractivity contribution in [2.45, 2.75) is 19.8 Å². The molecule has 0 radical (unpaired) electrons. The normalized spacial score (nSPS) is 20.1. The van der Waals surface area contributed by atoms with Crippen molar-refractivity contribution in [3.05, 3.63) is 64.3 Å². The molecule has 1 aromatic carbocycles. The number of nitrogens with one attached hydrogen (secondary N) is 1. The number of amides is 1. The van der Waals surface area contributed by atoms with Crippen LogP contribution in [0, 0.1) is 5.41 Å². The second-order valence-corrected chi connectivity index (χ2v) is 6.45. The average molecular weight is 297 g/mol. The lowest BCUT2D eigenvalue weighted by Crippen LogP contribution is -2.32. The van der Waals surface area contributed by atoms with E-state index in [2.05, 4.69) is 35.9 Å². The lowest BCUT2D eigenvalue weighted by molar-refractivity contribution is 0.0771. The van der Waals surface area contributed by atoms with E-state index < -0.39 is 0 Å². The fourth-order valence-electron chi connectivity index (χ4n) is 3.19. The molecule has 1 aliphatic heterocycles. The molecule has 2 aromatic rings. The third-order valence-electron chi connectivity index (χ3n) is 4.32. The Morgan fingerprint density at radius 2 is 2.00 bits per heavy atom. The van der Waals surface area contributed by atoms with E-state index in [1.807, 2.05) is 18.2 Å². The van der Waals surface area contributed by atoms with Crippen LogP contribution < -0.4 is 5.56 Å². The molecule has 5 nitrogen and oxygen atoms in total. The van der Waals surface area contributed by atoms with Crippen molar-refractivity contribution >= 4 is 5.91 Å². The van der Waals surface area contributed by atoms with Gasteiger partial charge < -0.3 is 9.88 Å². The van der Waals surface area contributed by atoms with Gasteiger partial charge in [-0.25, -0.2) is 0 Å². The van der Waals surface area contributed by atoms with Gasteiger partial charge in [0.25, 0.3) is 11.5 Å². The molecule has 1 atom stereocenters. The molecule has 0 unspecified atom stereocenters. The van der Waals surface area contributed by atoms with Crippen LogP contribution in [0.3, 0.4) is 0 Å². The van der Waals surface area contributed by atoms with Crippen molar-refractivity contribution in [3.63, 3.8) is 0 Å².